The van der Waals surface area contributed by atoms with E-state index in [0.29, 0.717) is 11.6 Å². The number of nitrogens with zero attached hydrogens (tertiary/aromatic N) is 4. The molecule has 0 fully saturated rings. The summed E-state index contributed by atoms with van der Waals surface area (Å²) in [6, 6.07) is 17.7. The molecule has 0 radical (unpaired) electrons. The maximum absolute atomic E-state index is 5.84. The number of hydrogen-bond donors (Lipinski definition) is 0. The standard InChI is InChI=1S/C20H18N4O2S/c1-24-19(15-8-10-16(25-2)11-9-15)22-23-20(24)27-13-18-21-12-17(26-18)14-6-4-3-5-7-14/h3-12H,13H2,1-2H3. The van der Waals surface area contributed by atoms with Crippen LogP contribution in [-0.4, -0.2) is 26.9 Å². The van der Waals surface area contributed by atoms with E-state index >= 15 is 0 Å². The van der Waals surface area contributed by atoms with Gasteiger partial charge in [-0.15, -0.1) is 10.2 Å². The van der Waals surface area contributed by atoms with Crippen LogP contribution in [0.15, 0.2) is 70.4 Å². The summed E-state index contributed by atoms with van der Waals surface area (Å²) in [5.41, 5.74) is 2.00. The SMILES string of the molecule is COc1ccc(-c2nnc(SCc3ncc(-c4ccccc4)o3)n2C)cc1. The second-order valence-corrected chi connectivity index (χ2v) is 6.81. The van der Waals surface area contributed by atoms with Crippen LogP contribution in [0.1, 0.15) is 5.89 Å². The molecule has 0 aliphatic rings. The minimum Gasteiger partial charge on any atom is -0.497 e. The highest BCUT2D eigenvalue weighted by molar-refractivity contribution is 7.98. The van der Waals surface area contributed by atoms with E-state index in [1.54, 1.807) is 25.1 Å². The summed E-state index contributed by atoms with van der Waals surface area (Å²) >= 11 is 1.54. The topological polar surface area (TPSA) is 66.0 Å². The van der Waals surface area contributed by atoms with Gasteiger partial charge in [-0.1, -0.05) is 42.1 Å². The van der Waals surface area contributed by atoms with Crippen molar-refractivity contribution in [2.75, 3.05) is 7.11 Å². The molecular weight excluding hydrogens is 360 g/mol. The molecule has 2 aromatic carbocycles. The third-order valence-electron chi connectivity index (χ3n) is 4.12. The third-order valence-corrected chi connectivity index (χ3v) is 5.12. The van der Waals surface area contributed by atoms with Crippen molar-refractivity contribution in [2.24, 2.45) is 7.05 Å². The Bertz CT molecular complexity index is 1030. The van der Waals surface area contributed by atoms with Crippen LogP contribution >= 0.6 is 11.8 Å². The molecule has 0 amide bonds. The third kappa shape index (κ3) is 3.73. The molecular formula is C20H18N4O2S. The number of oxazole rings is 1. The van der Waals surface area contributed by atoms with Gasteiger partial charge in [0.2, 0.25) is 5.89 Å². The van der Waals surface area contributed by atoms with E-state index in [9.17, 15) is 0 Å². The maximum Gasteiger partial charge on any atom is 0.205 e. The van der Waals surface area contributed by atoms with Gasteiger partial charge in [0.1, 0.15) is 5.75 Å². The van der Waals surface area contributed by atoms with Crippen molar-refractivity contribution in [2.45, 2.75) is 10.9 Å². The van der Waals surface area contributed by atoms with Crippen LogP contribution in [0.25, 0.3) is 22.7 Å². The van der Waals surface area contributed by atoms with Crippen molar-refractivity contribution >= 4 is 11.8 Å². The van der Waals surface area contributed by atoms with Gasteiger partial charge >= 0.3 is 0 Å². The molecule has 0 unspecified atom stereocenters. The molecule has 27 heavy (non-hydrogen) atoms. The summed E-state index contributed by atoms with van der Waals surface area (Å²) in [4.78, 5) is 4.36. The Morgan fingerprint density at radius 1 is 1.00 bits per heavy atom. The van der Waals surface area contributed by atoms with Crippen LogP contribution in [0.2, 0.25) is 0 Å². The van der Waals surface area contributed by atoms with Gasteiger partial charge in [0.15, 0.2) is 16.7 Å². The minimum atomic E-state index is 0.585. The van der Waals surface area contributed by atoms with Gasteiger partial charge in [0.25, 0.3) is 0 Å². The highest BCUT2D eigenvalue weighted by atomic mass is 32.2. The van der Waals surface area contributed by atoms with Crippen LogP contribution in [-0.2, 0) is 12.8 Å². The average Bonchev–Trinajstić information content (AvgIpc) is 3.34. The van der Waals surface area contributed by atoms with E-state index < -0.39 is 0 Å². The van der Waals surface area contributed by atoms with Gasteiger partial charge in [-0.25, -0.2) is 4.98 Å². The maximum atomic E-state index is 5.84. The quantitative estimate of drug-likeness (QED) is 0.462. The minimum absolute atomic E-state index is 0.585. The lowest BCUT2D eigenvalue weighted by molar-refractivity contribution is 0.415. The molecule has 0 saturated heterocycles. The fourth-order valence-corrected chi connectivity index (χ4v) is 3.44. The van der Waals surface area contributed by atoms with E-state index in [1.807, 2.05) is 66.2 Å². The Hall–Kier alpha value is -3.06. The molecule has 6 nitrogen and oxygen atoms in total. The lowest BCUT2D eigenvalue weighted by Gasteiger charge is -2.04. The van der Waals surface area contributed by atoms with Crippen LogP contribution in [0.5, 0.6) is 5.75 Å². The second-order valence-electron chi connectivity index (χ2n) is 5.87. The second kappa shape index (κ2) is 7.67. The van der Waals surface area contributed by atoms with Crippen molar-refractivity contribution in [3.63, 3.8) is 0 Å². The molecule has 0 bridgehead atoms. The number of rotatable bonds is 6. The molecule has 0 aliphatic carbocycles. The van der Waals surface area contributed by atoms with Crippen LogP contribution in [0, 0.1) is 0 Å². The summed E-state index contributed by atoms with van der Waals surface area (Å²) in [5.74, 6) is 3.63. The first-order valence-electron chi connectivity index (χ1n) is 8.41. The van der Waals surface area contributed by atoms with Crippen LogP contribution in [0.3, 0.4) is 0 Å². The summed E-state index contributed by atoms with van der Waals surface area (Å²) in [6.07, 6.45) is 1.75. The van der Waals surface area contributed by atoms with Crippen molar-refractivity contribution in [3.8, 4) is 28.5 Å². The Morgan fingerprint density at radius 3 is 2.52 bits per heavy atom. The van der Waals surface area contributed by atoms with E-state index in [-0.39, 0.29) is 0 Å². The number of benzene rings is 2. The predicted molar refractivity (Wildman–Crippen MR) is 104 cm³/mol. The molecule has 7 heteroatoms. The normalized spacial score (nSPS) is 10.9. The van der Waals surface area contributed by atoms with Gasteiger partial charge in [0.05, 0.1) is 19.1 Å². The van der Waals surface area contributed by atoms with Crippen molar-refractivity contribution in [1.82, 2.24) is 19.7 Å². The van der Waals surface area contributed by atoms with E-state index in [0.717, 1.165) is 33.6 Å². The van der Waals surface area contributed by atoms with Gasteiger partial charge in [-0.2, -0.15) is 0 Å². The predicted octanol–water partition coefficient (Wildman–Crippen LogP) is 4.44. The summed E-state index contributed by atoms with van der Waals surface area (Å²) in [7, 11) is 3.60. The smallest absolute Gasteiger partial charge is 0.205 e. The fraction of sp³-hybridized carbons (Fsp3) is 0.150. The first kappa shape index (κ1) is 17.4. The zero-order valence-corrected chi connectivity index (χ0v) is 15.8. The molecule has 4 aromatic rings. The van der Waals surface area contributed by atoms with E-state index in [4.69, 9.17) is 9.15 Å². The molecule has 4 rings (SSSR count). The molecule has 0 aliphatic heterocycles. The summed E-state index contributed by atoms with van der Waals surface area (Å²) in [6.45, 7) is 0. The number of ether oxygens (including phenoxy) is 1. The Labute approximate surface area is 161 Å². The fourth-order valence-electron chi connectivity index (χ4n) is 2.67. The van der Waals surface area contributed by atoms with Gasteiger partial charge in [-0.3, -0.25) is 0 Å². The molecule has 0 atom stereocenters. The zero-order chi connectivity index (χ0) is 18.6. The largest absolute Gasteiger partial charge is 0.497 e. The van der Waals surface area contributed by atoms with Crippen molar-refractivity contribution in [3.05, 3.63) is 66.7 Å². The summed E-state index contributed by atoms with van der Waals surface area (Å²) < 4.78 is 13.0. The monoisotopic (exact) mass is 378 g/mol. The molecule has 0 saturated carbocycles. The number of thioether (sulfide) groups is 1. The van der Waals surface area contributed by atoms with E-state index in [1.165, 1.54) is 0 Å². The highest BCUT2D eigenvalue weighted by Gasteiger charge is 2.13. The molecule has 2 heterocycles. The molecule has 136 valence electrons. The number of methoxy groups -OCH3 is 1. The lowest BCUT2D eigenvalue weighted by Crippen LogP contribution is -1.95. The molecule has 0 spiro atoms. The van der Waals surface area contributed by atoms with Gasteiger partial charge in [-0.05, 0) is 24.3 Å². The summed E-state index contributed by atoms with van der Waals surface area (Å²) in [5, 5.41) is 9.40. The van der Waals surface area contributed by atoms with Crippen molar-refractivity contribution in [1.29, 1.82) is 0 Å². The van der Waals surface area contributed by atoms with Gasteiger partial charge < -0.3 is 13.7 Å². The molecule has 2 aromatic heterocycles. The highest BCUT2D eigenvalue weighted by Crippen LogP contribution is 2.27. The number of hydrogen-bond acceptors (Lipinski definition) is 6. The van der Waals surface area contributed by atoms with Crippen LogP contribution < -0.4 is 4.74 Å². The zero-order valence-electron chi connectivity index (χ0n) is 15.0. The van der Waals surface area contributed by atoms with E-state index in [2.05, 4.69) is 15.2 Å². The first-order valence-corrected chi connectivity index (χ1v) is 9.40. The molecule has 0 N–H and O–H groups in total. The Kier molecular flexibility index (Phi) is 4.93. The Morgan fingerprint density at radius 2 is 1.78 bits per heavy atom. The van der Waals surface area contributed by atoms with Crippen molar-refractivity contribution < 1.29 is 9.15 Å². The Balaban J connectivity index is 1.46. The first-order chi connectivity index (χ1) is 13.2. The van der Waals surface area contributed by atoms with Gasteiger partial charge in [0, 0.05) is 18.2 Å². The average molecular weight is 378 g/mol. The lowest BCUT2D eigenvalue weighted by atomic mass is 10.2. The number of aromatic nitrogens is 4. The van der Waals surface area contributed by atoms with Crippen LogP contribution in [0.4, 0.5) is 0 Å².